The summed E-state index contributed by atoms with van der Waals surface area (Å²) in [5.74, 6) is 0. The Morgan fingerprint density at radius 1 is 1.65 bits per heavy atom. The third-order valence-electron chi connectivity index (χ3n) is 3.17. The van der Waals surface area contributed by atoms with Crippen molar-refractivity contribution >= 4 is 10.0 Å². The van der Waals surface area contributed by atoms with Gasteiger partial charge in [-0.1, -0.05) is 0 Å². The van der Waals surface area contributed by atoms with Crippen LogP contribution in [0.2, 0.25) is 0 Å². The first-order valence-electron chi connectivity index (χ1n) is 5.76. The third-order valence-corrected chi connectivity index (χ3v) is 4.96. The maximum absolute atomic E-state index is 12.3. The Bertz CT molecular complexity index is 476. The van der Waals surface area contributed by atoms with Crippen LogP contribution in [-0.4, -0.2) is 48.5 Å². The van der Waals surface area contributed by atoms with Gasteiger partial charge in [0.05, 0.1) is 6.33 Å². The second-order valence-electron chi connectivity index (χ2n) is 4.21. The Morgan fingerprint density at radius 2 is 2.41 bits per heavy atom. The van der Waals surface area contributed by atoms with Crippen molar-refractivity contribution in [3.63, 3.8) is 0 Å². The highest BCUT2D eigenvalue weighted by Crippen LogP contribution is 2.17. The predicted octanol–water partition coefficient (Wildman–Crippen LogP) is -0.115. The first-order valence-corrected chi connectivity index (χ1v) is 7.20. The van der Waals surface area contributed by atoms with Gasteiger partial charge >= 0.3 is 0 Å². The largest absolute Gasteiger partial charge is 0.336 e. The summed E-state index contributed by atoms with van der Waals surface area (Å²) in [6.07, 6.45) is 3.98. The molecular formula is C10H18N4O2S. The van der Waals surface area contributed by atoms with E-state index in [1.54, 1.807) is 24.1 Å². The average molecular weight is 258 g/mol. The lowest BCUT2D eigenvalue weighted by atomic mass is 10.3. The molecule has 1 aromatic heterocycles. The summed E-state index contributed by atoms with van der Waals surface area (Å²) in [4.78, 5) is 3.96. The normalized spacial score (nSPS) is 21.2. The number of sulfonamides is 1. The molecule has 1 unspecified atom stereocenters. The van der Waals surface area contributed by atoms with Crippen LogP contribution in [0.4, 0.5) is 0 Å². The third kappa shape index (κ3) is 2.36. The fourth-order valence-corrected chi connectivity index (χ4v) is 3.26. The molecule has 0 aliphatic carbocycles. The molecule has 0 aromatic carbocycles. The van der Waals surface area contributed by atoms with Gasteiger partial charge < -0.3 is 9.88 Å². The first kappa shape index (κ1) is 12.5. The molecule has 1 aliphatic heterocycles. The number of nitrogens with one attached hydrogen (secondary N) is 1. The van der Waals surface area contributed by atoms with Gasteiger partial charge in [-0.3, -0.25) is 0 Å². The summed E-state index contributed by atoms with van der Waals surface area (Å²) in [5.41, 5.74) is 0. The Balaban J connectivity index is 2.22. The van der Waals surface area contributed by atoms with Gasteiger partial charge in [0.1, 0.15) is 0 Å². The lowest BCUT2D eigenvalue weighted by molar-refractivity contribution is 0.386. The van der Waals surface area contributed by atoms with Gasteiger partial charge in [0, 0.05) is 32.4 Å². The molecule has 6 nitrogen and oxygen atoms in total. The second kappa shape index (κ2) is 4.75. The molecule has 2 rings (SSSR count). The lowest BCUT2D eigenvalue weighted by Gasteiger charge is -2.21. The zero-order valence-corrected chi connectivity index (χ0v) is 10.9. The van der Waals surface area contributed by atoms with Crippen molar-refractivity contribution in [3.05, 3.63) is 12.5 Å². The minimum absolute atomic E-state index is 0.0341. The van der Waals surface area contributed by atoms with E-state index in [-0.39, 0.29) is 11.1 Å². The van der Waals surface area contributed by atoms with E-state index < -0.39 is 10.0 Å². The zero-order chi connectivity index (χ0) is 12.5. The minimum Gasteiger partial charge on any atom is -0.336 e. The van der Waals surface area contributed by atoms with Crippen LogP contribution in [0, 0.1) is 0 Å². The molecule has 1 aliphatic rings. The minimum atomic E-state index is -3.45. The van der Waals surface area contributed by atoms with Crippen LogP contribution in [-0.2, 0) is 16.6 Å². The van der Waals surface area contributed by atoms with E-state index in [2.05, 4.69) is 10.3 Å². The van der Waals surface area contributed by atoms with Crippen LogP contribution < -0.4 is 5.32 Å². The number of aryl methyl sites for hydroxylation is 1. The number of hydrogen-bond acceptors (Lipinski definition) is 4. The average Bonchev–Trinajstić information content (AvgIpc) is 2.98. The summed E-state index contributed by atoms with van der Waals surface area (Å²) in [6, 6.07) is 0.0341. The van der Waals surface area contributed by atoms with Crippen molar-refractivity contribution < 1.29 is 8.42 Å². The van der Waals surface area contributed by atoms with Crippen molar-refractivity contribution in [3.8, 4) is 0 Å². The molecule has 1 N–H and O–H groups in total. The van der Waals surface area contributed by atoms with Gasteiger partial charge in [0.25, 0.3) is 10.0 Å². The van der Waals surface area contributed by atoms with E-state index >= 15 is 0 Å². The van der Waals surface area contributed by atoms with E-state index in [0.717, 1.165) is 19.5 Å². The number of nitrogens with zero attached hydrogens (tertiary/aromatic N) is 3. The lowest BCUT2D eigenvalue weighted by Crippen LogP contribution is -2.38. The van der Waals surface area contributed by atoms with Crippen molar-refractivity contribution in [2.24, 2.45) is 0 Å². The Labute approximate surface area is 102 Å². The van der Waals surface area contributed by atoms with Crippen LogP contribution >= 0.6 is 0 Å². The number of rotatable bonds is 4. The molecule has 1 atom stereocenters. The smallest absolute Gasteiger partial charge is 0.262 e. The fourth-order valence-electron chi connectivity index (χ4n) is 1.94. The van der Waals surface area contributed by atoms with Gasteiger partial charge in [-0.2, -0.15) is 4.31 Å². The number of hydrogen-bond donors (Lipinski definition) is 1. The zero-order valence-electron chi connectivity index (χ0n) is 10.1. The van der Waals surface area contributed by atoms with Crippen LogP contribution in [0.1, 0.15) is 13.3 Å². The maximum atomic E-state index is 12.3. The molecule has 7 heteroatoms. The molecule has 0 radical (unpaired) electrons. The van der Waals surface area contributed by atoms with Crippen LogP contribution in [0.25, 0.3) is 0 Å². The highest BCUT2D eigenvalue weighted by atomic mass is 32.2. The van der Waals surface area contributed by atoms with Gasteiger partial charge in [0.2, 0.25) is 0 Å². The summed E-state index contributed by atoms with van der Waals surface area (Å²) in [6.45, 7) is 4.25. The Morgan fingerprint density at radius 3 is 2.94 bits per heavy atom. The van der Waals surface area contributed by atoms with E-state index in [1.165, 1.54) is 4.31 Å². The number of likely N-dealkylation sites (N-methyl/N-ethyl adjacent to an activating group) is 1. The topological polar surface area (TPSA) is 67.2 Å². The fraction of sp³-hybridized carbons (Fsp3) is 0.700. The molecule has 17 heavy (non-hydrogen) atoms. The highest BCUT2D eigenvalue weighted by molar-refractivity contribution is 7.89. The van der Waals surface area contributed by atoms with Gasteiger partial charge in [0.15, 0.2) is 5.03 Å². The van der Waals surface area contributed by atoms with E-state index in [9.17, 15) is 8.42 Å². The molecule has 1 saturated heterocycles. The quantitative estimate of drug-likeness (QED) is 0.818. The molecule has 1 aromatic rings. The molecular weight excluding hydrogens is 240 g/mol. The predicted molar refractivity (Wildman–Crippen MR) is 64.1 cm³/mol. The number of aromatic nitrogens is 2. The summed E-state index contributed by atoms with van der Waals surface area (Å²) in [7, 11) is -1.83. The van der Waals surface area contributed by atoms with E-state index in [1.807, 2.05) is 6.92 Å². The van der Waals surface area contributed by atoms with Gasteiger partial charge in [-0.15, -0.1) is 0 Å². The molecule has 0 amide bonds. The Hall–Kier alpha value is -0.920. The maximum Gasteiger partial charge on any atom is 0.262 e. The van der Waals surface area contributed by atoms with Crippen molar-refractivity contribution in [2.45, 2.75) is 31.0 Å². The molecule has 0 saturated carbocycles. The monoisotopic (exact) mass is 258 g/mol. The number of imidazole rings is 1. The van der Waals surface area contributed by atoms with Crippen LogP contribution in [0.5, 0.6) is 0 Å². The van der Waals surface area contributed by atoms with Gasteiger partial charge in [-0.05, 0) is 19.9 Å². The molecule has 0 spiro atoms. The van der Waals surface area contributed by atoms with Crippen LogP contribution in [0.15, 0.2) is 17.6 Å². The van der Waals surface area contributed by atoms with Crippen molar-refractivity contribution in [2.75, 3.05) is 20.1 Å². The first-order chi connectivity index (χ1) is 8.05. The second-order valence-corrected chi connectivity index (χ2v) is 6.15. The summed E-state index contributed by atoms with van der Waals surface area (Å²) in [5, 5.41) is 3.29. The van der Waals surface area contributed by atoms with Gasteiger partial charge in [-0.25, -0.2) is 13.4 Å². The summed E-state index contributed by atoms with van der Waals surface area (Å²) < 4.78 is 27.7. The molecule has 0 bridgehead atoms. The Kier molecular flexibility index (Phi) is 3.50. The van der Waals surface area contributed by atoms with E-state index in [4.69, 9.17) is 0 Å². The standard InChI is InChI=1S/C10H18N4O2S/c1-3-14-7-10(12-8-14)17(15,16)13(2)9-4-5-11-6-9/h7-9,11H,3-6H2,1-2H3. The van der Waals surface area contributed by atoms with Crippen LogP contribution in [0.3, 0.4) is 0 Å². The molecule has 96 valence electrons. The van der Waals surface area contributed by atoms with Crippen molar-refractivity contribution in [1.29, 1.82) is 0 Å². The van der Waals surface area contributed by atoms with E-state index in [0.29, 0.717) is 6.54 Å². The summed E-state index contributed by atoms with van der Waals surface area (Å²) >= 11 is 0. The van der Waals surface area contributed by atoms with Crippen molar-refractivity contribution in [1.82, 2.24) is 19.2 Å². The SMILES string of the molecule is CCn1cnc(S(=O)(=O)N(C)C2CCNC2)c1. The molecule has 1 fully saturated rings. The molecule has 2 heterocycles. The highest BCUT2D eigenvalue weighted by Gasteiger charge is 2.31.